The van der Waals surface area contributed by atoms with Crippen LogP contribution in [0.4, 0.5) is 0 Å². The topological polar surface area (TPSA) is 89.4 Å². The first-order chi connectivity index (χ1) is 19.8. The Bertz CT molecular complexity index is 1400. The molecule has 2 aliphatic rings. The van der Waals surface area contributed by atoms with Crippen molar-refractivity contribution in [2.24, 2.45) is 0 Å². The number of nitrogens with zero attached hydrogens (tertiary/aromatic N) is 2. The number of Topliss-reactive ketones (excluding diaryl/α,β-unsaturated/α-hetero) is 1. The van der Waals surface area contributed by atoms with Crippen LogP contribution in [0.3, 0.4) is 0 Å². The molecule has 0 bridgehead atoms. The summed E-state index contributed by atoms with van der Waals surface area (Å²) in [5, 5.41) is 18.0. The largest absolute Gasteiger partial charge is 1.00 e. The second-order valence-corrected chi connectivity index (χ2v) is 12.2. The fourth-order valence-electron chi connectivity index (χ4n) is 6.23. The Hall–Kier alpha value is -2.91. The van der Waals surface area contributed by atoms with Crippen LogP contribution in [0.25, 0.3) is 22.6 Å². The van der Waals surface area contributed by atoms with Gasteiger partial charge in [0.25, 0.3) is 0 Å². The first-order valence-electron chi connectivity index (χ1n) is 15.1. The van der Waals surface area contributed by atoms with Crippen molar-refractivity contribution in [3.05, 3.63) is 90.6 Å². The monoisotopic (exact) mass is 576 g/mol. The first-order valence-corrected chi connectivity index (χ1v) is 15.1. The van der Waals surface area contributed by atoms with Gasteiger partial charge in [-0.2, -0.15) is 0 Å². The van der Waals surface area contributed by atoms with Crippen LogP contribution in [0.15, 0.2) is 70.0 Å². The zero-order valence-corrected chi connectivity index (χ0v) is 26.6. The van der Waals surface area contributed by atoms with E-state index in [0.717, 1.165) is 33.8 Å². The number of ketones is 1. The fourth-order valence-corrected chi connectivity index (χ4v) is 6.23. The van der Waals surface area contributed by atoms with E-state index >= 15 is 0 Å². The Morgan fingerprint density at radius 2 is 1.12 bits per heavy atom. The quantitative estimate of drug-likeness (QED) is 0.157. The van der Waals surface area contributed by atoms with Gasteiger partial charge in [0, 0.05) is 27.8 Å². The van der Waals surface area contributed by atoms with Crippen LogP contribution in [0.5, 0.6) is 0 Å². The molecule has 0 saturated heterocycles. The molecule has 43 heavy (non-hydrogen) atoms. The van der Waals surface area contributed by atoms with Gasteiger partial charge >= 0.3 is 18.9 Å². The molecule has 2 aromatic heterocycles. The Kier molecular flexibility index (Phi) is 12.6. The molecule has 0 atom stereocenters. The molecule has 0 unspecified atom stereocenters. The van der Waals surface area contributed by atoms with E-state index in [4.69, 9.17) is 9.05 Å². The van der Waals surface area contributed by atoms with E-state index in [1.165, 1.54) is 75.3 Å². The van der Waals surface area contributed by atoms with Crippen molar-refractivity contribution in [1.29, 1.82) is 0 Å². The predicted molar refractivity (Wildman–Crippen MR) is 167 cm³/mol. The smallest absolute Gasteiger partial charge is 0.386 e. The fraction of sp³-hybridized carbons (Fsp3) is 0.444. The van der Waals surface area contributed by atoms with E-state index in [0.29, 0.717) is 11.8 Å². The molecule has 2 fully saturated rings. The standard InChI is InChI=1S/C18H23NO2.C17H19NO2.CH3.Li/c1-18(2,20)15-10-8-14(9-11-15)17-16(12-19-21-17)13-6-4-3-5-7-13;1-12(19)13-7-9-15(10-8-13)17-16(11-18-20-17)14-5-3-2-4-6-14;;/h8-13,20H,3-7H2,1-2H3;7-11,14H,2-6H2,1H3;1H3;/q;;-1;+1. The molecular weight excluding hydrogens is 531 g/mol. The molecule has 7 heteroatoms. The third kappa shape index (κ3) is 8.60. The Balaban J connectivity index is 0.000000225. The van der Waals surface area contributed by atoms with Crippen molar-refractivity contribution >= 4 is 5.78 Å². The molecule has 0 aliphatic heterocycles. The normalized spacial score (nSPS) is 15.9. The van der Waals surface area contributed by atoms with Gasteiger partial charge in [-0.1, -0.05) is 97.4 Å². The van der Waals surface area contributed by atoms with Crippen LogP contribution in [0, 0.1) is 7.43 Å². The number of benzene rings is 2. The average Bonchev–Trinajstić information content (AvgIpc) is 3.69. The van der Waals surface area contributed by atoms with Crippen LogP contribution >= 0.6 is 0 Å². The van der Waals surface area contributed by atoms with Crippen molar-refractivity contribution in [3.8, 4) is 22.6 Å². The Morgan fingerprint density at radius 3 is 1.49 bits per heavy atom. The van der Waals surface area contributed by atoms with Gasteiger partial charge < -0.3 is 21.6 Å². The number of aromatic nitrogens is 2. The van der Waals surface area contributed by atoms with Gasteiger partial charge in [0.15, 0.2) is 17.3 Å². The number of carbonyl (C=O) groups is 1. The maximum Gasteiger partial charge on any atom is 1.00 e. The molecule has 4 aromatic rings. The van der Waals surface area contributed by atoms with Gasteiger partial charge in [-0.25, -0.2) is 0 Å². The van der Waals surface area contributed by atoms with Crippen molar-refractivity contribution in [2.45, 2.75) is 102 Å². The third-order valence-corrected chi connectivity index (χ3v) is 8.69. The summed E-state index contributed by atoms with van der Waals surface area (Å²) in [6.45, 7) is 5.17. The molecule has 0 amide bonds. The van der Waals surface area contributed by atoms with Gasteiger partial charge in [0.2, 0.25) is 0 Å². The summed E-state index contributed by atoms with van der Waals surface area (Å²) in [6, 6.07) is 15.5. The minimum atomic E-state index is -0.813. The number of carbonyl (C=O) groups excluding carboxylic acids is 1. The summed E-state index contributed by atoms with van der Waals surface area (Å²) in [5.41, 5.74) is 5.34. The molecule has 0 radical (unpaired) electrons. The zero-order valence-electron chi connectivity index (χ0n) is 26.6. The molecule has 6 rings (SSSR count). The summed E-state index contributed by atoms with van der Waals surface area (Å²) in [5.74, 6) is 2.99. The summed E-state index contributed by atoms with van der Waals surface area (Å²) in [4.78, 5) is 11.3. The van der Waals surface area contributed by atoms with Crippen molar-refractivity contribution < 1.29 is 37.8 Å². The van der Waals surface area contributed by atoms with Crippen LogP contribution in [-0.2, 0) is 5.60 Å². The number of aliphatic hydroxyl groups is 1. The van der Waals surface area contributed by atoms with E-state index in [2.05, 4.69) is 10.3 Å². The van der Waals surface area contributed by atoms with E-state index in [1.54, 1.807) is 20.8 Å². The number of hydrogen-bond donors (Lipinski definition) is 1. The second-order valence-electron chi connectivity index (χ2n) is 12.2. The molecule has 1 N–H and O–H groups in total. The van der Waals surface area contributed by atoms with E-state index in [1.807, 2.05) is 60.9 Å². The number of rotatable bonds is 6. The molecule has 6 nitrogen and oxygen atoms in total. The molecule has 2 saturated carbocycles. The van der Waals surface area contributed by atoms with Gasteiger partial charge in [0.1, 0.15) is 0 Å². The predicted octanol–water partition coefficient (Wildman–Crippen LogP) is 6.66. The van der Waals surface area contributed by atoms with Gasteiger partial charge in [0.05, 0.1) is 18.0 Å². The molecular formula is C36H45LiN2O4. The van der Waals surface area contributed by atoms with Gasteiger partial charge in [-0.3, -0.25) is 4.79 Å². The van der Waals surface area contributed by atoms with Crippen molar-refractivity contribution in [3.63, 3.8) is 0 Å². The molecule has 224 valence electrons. The van der Waals surface area contributed by atoms with E-state index < -0.39 is 5.60 Å². The zero-order chi connectivity index (χ0) is 28.8. The maximum atomic E-state index is 11.3. The minimum Gasteiger partial charge on any atom is -0.386 e. The van der Waals surface area contributed by atoms with Gasteiger partial charge in [-0.05, 0) is 63.9 Å². The number of hydrogen-bond acceptors (Lipinski definition) is 6. The SMILES string of the molecule is CC(=O)c1ccc(-c2oncc2C2CCCCC2)cc1.CC(C)(O)c1ccc(-c2oncc2C2CCCCC2)cc1.[CH3-].[Li+]. The molecule has 0 spiro atoms. The van der Waals surface area contributed by atoms with Crippen LogP contribution in [0.1, 0.15) is 124 Å². The minimum absolute atomic E-state index is 0. The van der Waals surface area contributed by atoms with Crippen LogP contribution in [-0.4, -0.2) is 21.2 Å². The second kappa shape index (κ2) is 15.7. The van der Waals surface area contributed by atoms with E-state index in [-0.39, 0.29) is 32.1 Å². The summed E-state index contributed by atoms with van der Waals surface area (Å²) in [7, 11) is 0. The van der Waals surface area contributed by atoms with Crippen molar-refractivity contribution in [1.82, 2.24) is 10.3 Å². The summed E-state index contributed by atoms with van der Waals surface area (Å²) >= 11 is 0. The van der Waals surface area contributed by atoms with E-state index in [9.17, 15) is 9.90 Å². The Morgan fingerprint density at radius 1 is 0.721 bits per heavy atom. The van der Waals surface area contributed by atoms with Crippen LogP contribution in [0.2, 0.25) is 0 Å². The Labute approximate surface area is 268 Å². The molecule has 2 heterocycles. The maximum absolute atomic E-state index is 11.3. The third-order valence-electron chi connectivity index (χ3n) is 8.69. The summed E-state index contributed by atoms with van der Waals surface area (Å²) in [6.07, 6.45) is 16.5. The summed E-state index contributed by atoms with van der Waals surface area (Å²) < 4.78 is 11.0. The first kappa shape index (κ1) is 34.6. The van der Waals surface area contributed by atoms with Crippen LogP contribution < -0.4 is 18.9 Å². The van der Waals surface area contributed by atoms with Crippen molar-refractivity contribution in [2.75, 3.05) is 0 Å². The molecule has 2 aromatic carbocycles. The average molecular weight is 577 g/mol. The van der Waals surface area contributed by atoms with Gasteiger partial charge in [-0.15, -0.1) is 0 Å². The molecule has 2 aliphatic carbocycles.